The van der Waals surface area contributed by atoms with E-state index in [1.807, 2.05) is 19.9 Å². The van der Waals surface area contributed by atoms with Crippen molar-refractivity contribution in [1.29, 1.82) is 0 Å². The van der Waals surface area contributed by atoms with Gasteiger partial charge in [0, 0.05) is 12.7 Å². The van der Waals surface area contributed by atoms with E-state index in [9.17, 15) is 9.90 Å². The number of rotatable bonds is 4. The Morgan fingerprint density at radius 2 is 2.14 bits per heavy atom. The van der Waals surface area contributed by atoms with Gasteiger partial charge in [-0.2, -0.15) is 0 Å². The zero-order valence-corrected chi connectivity index (χ0v) is 12.7. The molecule has 110 valence electrons. The summed E-state index contributed by atoms with van der Waals surface area (Å²) in [5.74, 6) is 0.0773. The standard InChI is InChI=1S/C16H17ClN2O2/c1-3-19(11(2)12-5-4-6-14(20)9-12)16(21)13-7-8-15(17)18-10-13/h4-11,20H,3H2,1-2H3. The van der Waals surface area contributed by atoms with Crippen LogP contribution in [-0.4, -0.2) is 27.4 Å². The molecule has 21 heavy (non-hydrogen) atoms. The van der Waals surface area contributed by atoms with Crippen LogP contribution in [0.4, 0.5) is 0 Å². The highest BCUT2D eigenvalue weighted by atomic mass is 35.5. The van der Waals surface area contributed by atoms with E-state index in [4.69, 9.17) is 11.6 Å². The van der Waals surface area contributed by atoms with Gasteiger partial charge in [0.2, 0.25) is 0 Å². The molecule has 1 unspecified atom stereocenters. The summed E-state index contributed by atoms with van der Waals surface area (Å²) in [6.07, 6.45) is 1.47. The van der Waals surface area contributed by atoms with Gasteiger partial charge in [-0.15, -0.1) is 0 Å². The molecule has 0 fully saturated rings. The van der Waals surface area contributed by atoms with Crippen LogP contribution in [0.25, 0.3) is 0 Å². The molecule has 1 amide bonds. The topological polar surface area (TPSA) is 53.4 Å². The summed E-state index contributed by atoms with van der Waals surface area (Å²) in [6, 6.07) is 10.0. The second kappa shape index (κ2) is 6.59. The van der Waals surface area contributed by atoms with Gasteiger partial charge in [-0.3, -0.25) is 4.79 Å². The molecule has 2 rings (SSSR count). The maximum absolute atomic E-state index is 12.6. The quantitative estimate of drug-likeness (QED) is 0.877. The Morgan fingerprint density at radius 3 is 2.71 bits per heavy atom. The van der Waals surface area contributed by atoms with Gasteiger partial charge >= 0.3 is 0 Å². The smallest absolute Gasteiger partial charge is 0.255 e. The number of amides is 1. The van der Waals surface area contributed by atoms with E-state index in [2.05, 4.69) is 4.98 Å². The van der Waals surface area contributed by atoms with Crippen molar-refractivity contribution in [2.24, 2.45) is 0 Å². The maximum Gasteiger partial charge on any atom is 0.255 e. The molecule has 1 N–H and O–H groups in total. The normalized spacial score (nSPS) is 12.0. The van der Waals surface area contributed by atoms with Gasteiger partial charge in [0.1, 0.15) is 10.9 Å². The highest BCUT2D eigenvalue weighted by Crippen LogP contribution is 2.24. The number of halogens is 1. The van der Waals surface area contributed by atoms with Gasteiger partial charge in [0.15, 0.2) is 0 Å². The lowest BCUT2D eigenvalue weighted by atomic mass is 10.1. The Labute approximate surface area is 129 Å². The van der Waals surface area contributed by atoms with E-state index in [1.54, 1.807) is 35.2 Å². The van der Waals surface area contributed by atoms with Crippen molar-refractivity contribution in [2.45, 2.75) is 19.9 Å². The number of phenols is 1. The molecular weight excluding hydrogens is 288 g/mol. The fraction of sp³-hybridized carbons (Fsp3) is 0.250. The summed E-state index contributed by atoms with van der Waals surface area (Å²) >= 11 is 5.74. The third-order valence-electron chi connectivity index (χ3n) is 3.40. The number of benzene rings is 1. The summed E-state index contributed by atoms with van der Waals surface area (Å²) in [6.45, 7) is 4.40. The molecular formula is C16H17ClN2O2. The predicted molar refractivity (Wildman–Crippen MR) is 82.5 cm³/mol. The average Bonchev–Trinajstić information content (AvgIpc) is 2.48. The van der Waals surface area contributed by atoms with Gasteiger partial charge in [-0.05, 0) is 43.7 Å². The molecule has 0 radical (unpaired) electrons. The lowest BCUT2D eigenvalue weighted by Crippen LogP contribution is -2.33. The lowest BCUT2D eigenvalue weighted by molar-refractivity contribution is 0.0701. The van der Waals surface area contributed by atoms with Crippen molar-refractivity contribution in [2.75, 3.05) is 6.54 Å². The predicted octanol–water partition coefficient (Wildman–Crippen LogP) is 3.66. The molecule has 0 saturated heterocycles. The van der Waals surface area contributed by atoms with E-state index in [-0.39, 0.29) is 17.7 Å². The van der Waals surface area contributed by atoms with Crippen LogP contribution >= 0.6 is 11.6 Å². The average molecular weight is 305 g/mol. The molecule has 4 nitrogen and oxygen atoms in total. The number of nitrogens with zero attached hydrogens (tertiary/aromatic N) is 2. The van der Waals surface area contributed by atoms with E-state index in [0.717, 1.165) is 5.56 Å². The van der Waals surface area contributed by atoms with Crippen molar-refractivity contribution in [1.82, 2.24) is 9.88 Å². The highest BCUT2D eigenvalue weighted by Gasteiger charge is 2.21. The number of phenolic OH excluding ortho intramolecular Hbond substituents is 1. The molecule has 0 aliphatic heterocycles. The van der Waals surface area contributed by atoms with Crippen LogP contribution in [0.2, 0.25) is 5.15 Å². The third kappa shape index (κ3) is 3.52. The first-order valence-electron chi connectivity index (χ1n) is 6.74. The molecule has 0 spiro atoms. The summed E-state index contributed by atoms with van der Waals surface area (Å²) < 4.78 is 0. The van der Waals surface area contributed by atoms with Gasteiger partial charge in [-0.25, -0.2) is 4.98 Å². The molecule has 1 heterocycles. The van der Waals surface area contributed by atoms with E-state index in [0.29, 0.717) is 17.3 Å². The number of carbonyl (C=O) groups is 1. The molecule has 1 aromatic heterocycles. The van der Waals surface area contributed by atoms with Crippen LogP contribution < -0.4 is 0 Å². The highest BCUT2D eigenvalue weighted by molar-refractivity contribution is 6.29. The Morgan fingerprint density at radius 1 is 1.38 bits per heavy atom. The Balaban J connectivity index is 2.26. The summed E-state index contributed by atoms with van der Waals surface area (Å²) in [7, 11) is 0. The monoisotopic (exact) mass is 304 g/mol. The fourth-order valence-corrected chi connectivity index (χ4v) is 2.34. The van der Waals surface area contributed by atoms with Crippen LogP contribution in [0.5, 0.6) is 5.75 Å². The summed E-state index contributed by atoms with van der Waals surface area (Å²) in [5.41, 5.74) is 1.38. The van der Waals surface area contributed by atoms with Gasteiger partial charge in [-0.1, -0.05) is 23.7 Å². The number of pyridine rings is 1. The third-order valence-corrected chi connectivity index (χ3v) is 3.62. The zero-order chi connectivity index (χ0) is 15.4. The van der Waals surface area contributed by atoms with Gasteiger partial charge in [0.25, 0.3) is 5.91 Å². The Bertz CT molecular complexity index is 628. The number of aromatic nitrogens is 1. The molecule has 1 atom stereocenters. The summed E-state index contributed by atoms with van der Waals surface area (Å²) in [5, 5.41) is 9.93. The fourth-order valence-electron chi connectivity index (χ4n) is 2.23. The molecule has 0 bridgehead atoms. The Kier molecular flexibility index (Phi) is 4.81. The molecule has 5 heteroatoms. The van der Waals surface area contributed by atoms with Gasteiger partial charge in [0.05, 0.1) is 11.6 Å². The van der Waals surface area contributed by atoms with Crippen molar-refractivity contribution >= 4 is 17.5 Å². The Hall–Kier alpha value is -2.07. The summed E-state index contributed by atoms with van der Waals surface area (Å²) in [4.78, 5) is 18.2. The maximum atomic E-state index is 12.6. The van der Waals surface area contributed by atoms with Gasteiger partial charge < -0.3 is 10.0 Å². The van der Waals surface area contributed by atoms with Crippen LogP contribution in [0.1, 0.15) is 35.8 Å². The first-order valence-corrected chi connectivity index (χ1v) is 7.12. The molecule has 1 aromatic carbocycles. The van der Waals surface area contributed by atoms with Crippen molar-refractivity contribution in [3.63, 3.8) is 0 Å². The lowest BCUT2D eigenvalue weighted by Gasteiger charge is -2.28. The first-order chi connectivity index (χ1) is 10.0. The van der Waals surface area contributed by atoms with Crippen LogP contribution in [0, 0.1) is 0 Å². The van der Waals surface area contributed by atoms with Crippen molar-refractivity contribution in [3.05, 3.63) is 58.9 Å². The van der Waals surface area contributed by atoms with E-state index >= 15 is 0 Å². The number of carbonyl (C=O) groups excluding carboxylic acids is 1. The first kappa shape index (κ1) is 15.3. The van der Waals surface area contributed by atoms with Crippen molar-refractivity contribution < 1.29 is 9.90 Å². The minimum atomic E-state index is -0.148. The van der Waals surface area contributed by atoms with Crippen molar-refractivity contribution in [3.8, 4) is 5.75 Å². The number of hydrogen-bond acceptors (Lipinski definition) is 3. The molecule has 0 aliphatic rings. The second-order valence-corrected chi connectivity index (χ2v) is 5.12. The number of hydrogen-bond donors (Lipinski definition) is 1. The van der Waals surface area contributed by atoms with E-state index in [1.165, 1.54) is 6.20 Å². The SMILES string of the molecule is CCN(C(=O)c1ccc(Cl)nc1)C(C)c1cccc(O)c1. The molecule has 2 aromatic rings. The minimum Gasteiger partial charge on any atom is -0.508 e. The van der Waals surface area contributed by atoms with Crippen LogP contribution in [0.15, 0.2) is 42.6 Å². The minimum absolute atomic E-state index is 0.113. The second-order valence-electron chi connectivity index (χ2n) is 4.73. The van der Waals surface area contributed by atoms with Crippen LogP contribution in [-0.2, 0) is 0 Å². The largest absolute Gasteiger partial charge is 0.508 e. The molecule has 0 saturated carbocycles. The number of aromatic hydroxyl groups is 1. The zero-order valence-electron chi connectivity index (χ0n) is 12.0. The molecule has 0 aliphatic carbocycles. The van der Waals surface area contributed by atoms with E-state index < -0.39 is 0 Å². The van der Waals surface area contributed by atoms with Crippen LogP contribution in [0.3, 0.4) is 0 Å².